The molecule has 0 aromatic heterocycles. The molecule has 4 bridgehead atoms. The first-order valence-corrected chi connectivity index (χ1v) is 7.38. The van der Waals surface area contributed by atoms with Crippen LogP contribution in [0, 0.1) is 0 Å². The minimum absolute atomic E-state index is 0.160. The lowest BCUT2D eigenvalue weighted by Crippen LogP contribution is -2.13. The Morgan fingerprint density at radius 1 is 0.696 bits per heavy atom. The Hall–Kier alpha value is -2.82. The fourth-order valence-electron chi connectivity index (χ4n) is 2.26. The minimum atomic E-state index is -0.450. The first-order chi connectivity index (χ1) is 11.2. The number of hydrogen-bond donors (Lipinski definition) is 0. The van der Waals surface area contributed by atoms with Crippen molar-refractivity contribution in [2.24, 2.45) is 0 Å². The maximum atomic E-state index is 12.0. The van der Waals surface area contributed by atoms with E-state index >= 15 is 0 Å². The predicted octanol–water partition coefficient (Wildman–Crippen LogP) is 2.64. The van der Waals surface area contributed by atoms with E-state index in [0.717, 1.165) is 5.56 Å². The first-order valence-electron chi connectivity index (χ1n) is 7.38. The van der Waals surface area contributed by atoms with Gasteiger partial charge in [0.2, 0.25) is 0 Å². The molecule has 5 heteroatoms. The molecule has 0 atom stereocenters. The predicted molar refractivity (Wildman–Crippen MR) is 82.6 cm³/mol. The lowest BCUT2D eigenvalue weighted by Gasteiger charge is -2.11. The van der Waals surface area contributed by atoms with Gasteiger partial charge in [0, 0.05) is 6.42 Å². The Morgan fingerprint density at radius 2 is 1.30 bits per heavy atom. The van der Waals surface area contributed by atoms with Crippen LogP contribution in [0.1, 0.15) is 26.3 Å². The molecule has 2 aromatic carbocycles. The summed E-state index contributed by atoms with van der Waals surface area (Å²) in [7, 11) is 0. The minimum Gasteiger partial charge on any atom is -0.490 e. The summed E-state index contributed by atoms with van der Waals surface area (Å²) in [6, 6.07) is 13.7. The SMILES string of the molecule is O=C1OCCOc2cccc(c2)CCOC(=O)c2ccc1cc2. The van der Waals surface area contributed by atoms with Gasteiger partial charge in [-0.15, -0.1) is 0 Å². The van der Waals surface area contributed by atoms with E-state index < -0.39 is 11.9 Å². The number of ether oxygens (including phenoxy) is 3. The van der Waals surface area contributed by atoms with E-state index in [9.17, 15) is 9.59 Å². The van der Waals surface area contributed by atoms with Crippen molar-refractivity contribution in [2.75, 3.05) is 19.8 Å². The molecule has 5 nitrogen and oxygen atoms in total. The lowest BCUT2D eigenvalue weighted by atomic mass is 10.1. The molecule has 0 unspecified atom stereocenters. The molecule has 0 amide bonds. The molecule has 118 valence electrons. The average Bonchev–Trinajstić information content (AvgIpc) is 2.58. The topological polar surface area (TPSA) is 61.8 Å². The molecule has 0 fully saturated rings. The Kier molecular flexibility index (Phi) is 4.57. The molecule has 2 aliphatic rings. The fraction of sp³-hybridized carbons (Fsp3) is 0.222. The lowest BCUT2D eigenvalue weighted by molar-refractivity contribution is 0.0446. The molecule has 0 radical (unpaired) electrons. The number of rotatable bonds is 0. The van der Waals surface area contributed by atoms with Gasteiger partial charge in [-0.3, -0.25) is 0 Å². The van der Waals surface area contributed by atoms with Crippen molar-refractivity contribution in [3.63, 3.8) is 0 Å². The van der Waals surface area contributed by atoms with Crippen molar-refractivity contribution >= 4 is 11.9 Å². The van der Waals surface area contributed by atoms with Crippen LogP contribution in [0.4, 0.5) is 0 Å². The van der Waals surface area contributed by atoms with E-state index in [2.05, 4.69) is 0 Å². The smallest absolute Gasteiger partial charge is 0.338 e. The largest absolute Gasteiger partial charge is 0.490 e. The summed E-state index contributed by atoms with van der Waals surface area (Å²) in [4.78, 5) is 23.8. The van der Waals surface area contributed by atoms with Gasteiger partial charge in [0.25, 0.3) is 0 Å². The van der Waals surface area contributed by atoms with Gasteiger partial charge in [-0.2, -0.15) is 0 Å². The average molecular weight is 312 g/mol. The molecule has 0 saturated heterocycles. The second kappa shape index (κ2) is 6.96. The van der Waals surface area contributed by atoms with Gasteiger partial charge in [0.15, 0.2) is 0 Å². The van der Waals surface area contributed by atoms with E-state index in [1.54, 1.807) is 24.3 Å². The number of hydrogen-bond acceptors (Lipinski definition) is 5. The molecule has 0 aliphatic carbocycles. The summed E-state index contributed by atoms with van der Waals surface area (Å²) in [5, 5.41) is 0. The van der Waals surface area contributed by atoms with Gasteiger partial charge in [-0.25, -0.2) is 9.59 Å². The Morgan fingerprint density at radius 3 is 2.00 bits per heavy atom. The van der Waals surface area contributed by atoms with E-state index in [1.807, 2.05) is 24.3 Å². The van der Waals surface area contributed by atoms with E-state index in [4.69, 9.17) is 14.2 Å². The summed E-state index contributed by atoms with van der Waals surface area (Å²) < 4.78 is 16.0. The van der Waals surface area contributed by atoms with E-state index in [1.165, 1.54) is 0 Å². The van der Waals surface area contributed by atoms with Gasteiger partial charge < -0.3 is 14.2 Å². The number of esters is 2. The third-order valence-corrected chi connectivity index (χ3v) is 3.46. The normalized spacial score (nSPS) is 15.5. The quantitative estimate of drug-likeness (QED) is 0.700. The summed E-state index contributed by atoms with van der Waals surface area (Å²) in [6.07, 6.45) is 0.607. The third-order valence-electron chi connectivity index (χ3n) is 3.46. The number of carbonyl (C=O) groups is 2. The Balaban J connectivity index is 1.80. The number of carbonyl (C=O) groups excluding carboxylic acids is 2. The zero-order valence-electron chi connectivity index (χ0n) is 12.5. The van der Waals surface area contributed by atoms with Crippen LogP contribution in [-0.2, 0) is 15.9 Å². The zero-order valence-corrected chi connectivity index (χ0v) is 12.5. The first kappa shape index (κ1) is 15.1. The maximum absolute atomic E-state index is 12.0. The number of benzene rings is 2. The Bertz CT molecular complexity index is 706. The third kappa shape index (κ3) is 3.88. The van der Waals surface area contributed by atoms with Crippen LogP contribution in [0.25, 0.3) is 0 Å². The highest BCUT2D eigenvalue weighted by Crippen LogP contribution is 2.15. The van der Waals surface area contributed by atoms with Gasteiger partial charge in [-0.05, 0) is 42.0 Å². The standard InChI is InChI=1S/C18H16O5/c19-17-14-4-6-15(7-5-14)18(20)23-11-10-21-16-3-1-2-13(12-16)8-9-22-17/h1-7,12H,8-11H2. The fourth-order valence-corrected chi connectivity index (χ4v) is 2.26. The highest BCUT2D eigenvalue weighted by molar-refractivity contribution is 5.93. The molecule has 2 heterocycles. The summed E-state index contributed by atoms with van der Waals surface area (Å²) in [6.45, 7) is 0.723. The van der Waals surface area contributed by atoms with Crippen LogP contribution in [0.5, 0.6) is 5.75 Å². The highest BCUT2D eigenvalue weighted by Gasteiger charge is 2.11. The van der Waals surface area contributed by atoms with Crippen molar-refractivity contribution in [3.8, 4) is 5.75 Å². The second-order valence-electron chi connectivity index (χ2n) is 5.10. The van der Waals surface area contributed by atoms with Gasteiger partial charge in [0.05, 0.1) is 17.7 Å². The van der Waals surface area contributed by atoms with Gasteiger partial charge in [-0.1, -0.05) is 12.1 Å². The van der Waals surface area contributed by atoms with Crippen molar-refractivity contribution in [2.45, 2.75) is 6.42 Å². The van der Waals surface area contributed by atoms with Gasteiger partial charge in [0.1, 0.15) is 19.0 Å². The second-order valence-corrected chi connectivity index (χ2v) is 5.10. The highest BCUT2D eigenvalue weighted by atomic mass is 16.6. The molecule has 0 saturated carbocycles. The summed E-state index contributed by atoms with van der Waals surface area (Å²) in [5.41, 5.74) is 1.80. The Labute approximate surface area is 133 Å². The molecular formula is C18H16O5. The molecule has 2 aliphatic heterocycles. The maximum Gasteiger partial charge on any atom is 0.338 e. The molecule has 0 spiro atoms. The monoisotopic (exact) mass is 312 g/mol. The zero-order chi connectivity index (χ0) is 16.1. The summed E-state index contributed by atoms with van der Waals surface area (Å²) >= 11 is 0. The van der Waals surface area contributed by atoms with E-state index in [0.29, 0.717) is 23.3 Å². The molecule has 23 heavy (non-hydrogen) atoms. The van der Waals surface area contributed by atoms with Crippen molar-refractivity contribution in [3.05, 3.63) is 65.2 Å². The van der Waals surface area contributed by atoms with Crippen molar-refractivity contribution in [1.29, 1.82) is 0 Å². The number of fused-ring (bicyclic) bond motifs is 9. The summed E-state index contributed by atoms with van der Waals surface area (Å²) in [5.74, 6) is -0.168. The molecule has 2 aromatic rings. The van der Waals surface area contributed by atoms with Crippen LogP contribution in [0.2, 0.25) is 0 Å². The van der Waals surface area contributed by atoms with Crippen LogP contribution >= 0.6 is 0 Å². The van der Waals surface area contributed by atoms with Crippen LogP contribution in [0.15, 0.2) is 48.5 Å². The van der Waals surface area contributed by atoms with Gasteiger partial charge >= 0.3 is 11.9 Å². The molecule has 4 rings (SSSR count). The van der Waals surface area contributed by atoms with E-state index in [-0.39, 0.29) is 19.8 Å². The molecule has 0 N–H and O–H groups in total. The van der Waals surface area contributed by atoms with Crippen LogP contribution < -0.4 is 4.74 Å². The van der Waals surface area contributed by atoms with Crippen LogP contribution in [0.3, 0.4) is 0 Å². The van der Waals surface area contributed by atoms with Crippen molar-refractivity contribution < 1.29 is 23.8 Å². The molecular weight excluding hydrogens is 296 g/mol. The van der Waals surface area contributed by atoms with Crippen LogP contribution in [-0.4, -0.2) is 31.8 Å². The van der Waals surface area contributed by atoms with Crippen molar-refractivity contribution in [1.82, 2.24) is 0 Å².